The molecule has 2 aliphatic carbocycles. The fourth-order valence-corrected chi connectivity index (χ4v) is 4.20. The Morgan fingerprint density at radius 2 is 2.06 bits per heavy atom. The van der Waals surface area contributed by atoms with Crippen LogP contribution in [0.5, 0.6) is 0 Å². The predicted molar refractivity (Wildman–Crippen MR) is 62.5 cm³/mol. The summed E-state index contributed by atoms with van der Waals surface area (Å²) in [5.41, 5.74) is 2.74. The number of sulfonamides is 1. The van der Waals surface area contributed by atoms with Gasteiger partial charge < -0.3 is 0 Å². The van der Waals surface area contributed by atoms with Gasteiger partial charge in [-0.15, -0.1) is 0 Å². The van der Waals surface area contributed by atoms with Gasteiger partial charge in [0.05, 0.1) is 5.75 Å². The maximum Gasteiger partial charge on any atom is 0.209 e. The summed E-state index contributed by atoms with van der Waals surface area (Å²) >= 11 is 0. The summed E-state index contributed by atoms with van der Waals surface area (Å²) < 4.78 is 22.2. The van der Waals surface area contributed by atoms with E-state index in [1.54, 1.807) is 0 Å². The Balaban J connectivity index is 1.88. The summed E-state index contributed by atoms with van der Waals surface area (Å²) in [5.74, 6) is 1.41. The number of fused-ring (bicyclic) bond motifs is 3. The summed E-state index contributed by atoms with van der Waals surface area (Å²) in [5, 5.41) is 5.12. The number of benzene rings is 1. The van der Waals surface area contributed by atoms with Gasteiger partial charge in [0.2, 0.25) is 10.0 Å². The SMILES string of the molecule is NS(=O)(=O)CC1C2CCc3ccccc3C21. The minimum atomic E-state index is -3.32. The van der Waals surface area contributed by atoms with E-state index in [1.165, 1.54) is 11.1 Å². The molecule has 0 bridgehead atoms. The van der Waals surface area contributed by atoms with E-state index in [1.807, 2.05) is 6.07 Å². The highest BCUT2D eigenvalue weighted by Gasteiger charge is 2.53. The van der Waals surface area contributed by atoms with Crippen molar-refractivity contribution in [2.24, 2.45) is 17.0 Å². The van der Waals surface area contributed by atoms with Crippen LogP contribution in [0, 0.1) is 11.8 Å². The van der Waals surface area contributed by atoms with Crippen LogP contribution in [0.25, 0.3) is 0 Å². The Hall–Kier alpha value is -0.870. The van der Waals surface area contributed by atoms with Gasteiger partial charge in [-0.2, -0.15) is 0 Å². The maximum atomic E-state index is 11.1. The molecular weight excluding hydrogens is 222 g/mol. The molecule has 0 aromatic heterocycles. The highest BCUT2D eigenvalue weighted by molar-refractivity contribution is 7.89. The molecule has 0 saturated heterocycles. The van der Waals surface area contributed by atoms with Crippen molar-refractivity contribution < 1.29 is 8.42 Å². The van der Waals surface area contributed by atoms with Gasteiger partial charge in [-0.05, 0) is 41.7 Å². The van der Waals surface area contributed by atoms with Gasteiger partial charge in [0, 0.05) is 0 Å². The van der Waals surface area contributed by atoms with Crippen LogP contribution in [0.15, 0.2) is 24.3 Å². The fourth-order valence-electron chi connectivity index (χ4n) is 3.20. The normalized spacial score (nSPS) is 31.7. The molecule has 2 N–H and O–H groups in total. The van der Waals surface area contributed by atoms with E-state index < -0.39 is 10.0 Å². The Morgan fingerprint density at radius 1 is 1.31 bits per heavy atom. The van der Waals surface area contributed by atoms with Crippen molar-refractivity contribution in [3.8, 4) is 0 Å². The minimum Gasteiger partial charge on any atom is -0.229 e. The summed E-state index contributed by atoms with van der Waals surface area (Å²) in [7, 11) is -3.32. The van der Waals surface area contributed by atoms with Crippen molar-refractivity contribution in [3.05, 3.63) is 35.4 Å². The predicted octanol–water partition coefficient (Wildman–Crippen LogP) is 1.25. The van der Waals surface area contributed by atoms with E-state index in [9.17, 15) is 8.42 Å². The zero-order valence-corrected chi connectivity index (χ0v) is 9.78. The maximum absolute atomic E-state index is 11.1. The third-order valence-electron chi connectivity index (χ3n) is 3.92. The molecule has 3 atom stereocenters. The van der Waals surface area contributed by atoms with Gasteiger partial charge in [-0.1, -0.05) is 24.3 Å². The lowest BCUT2D eigenvalue weighted by molar-refractivity contribution is 0.587. The molecule has 3 rings (SSSR count). The molecule has 1 saturated carbocycles. The molecule has 16 heavy (non-hydrogen) atoms. The van der Waals surface area contributed by atoms with E-state index >= 15 is 0 Å². The first-order chi connectivity index (χ1) is 7.56. The molecule has 1 fully saturated rings. The summed E-state index contributed by atoms with van der Waals surface area (Å²) in [6.07, 6.45) is 2.19. The van der Waals surface area contributed by atoms with Gasteiger partial charge >= 0.3 is 0 Å². The molecule has 0 heterocycles. The second kappa shape index (κ2) is 3.31. The monoisotopic (exact) mass is 237 g/mol. The molecular formula is C12H15NO2S. The van der Waals surface area contributed by atoms with Crippen molar-refractivity contribution in [3.63, 3.8) is 0 Å². The van der Waals surface area contributed by atoms with Crippen molar-refractivity contribution in [1.82, 2.24) is 0 Å². The van der Waals surface area contributed by atoms with Crippen molar-refractivity contribution in [2.75, 3.05) is 5.75 Å². The van der Waals surface area contributed by atoms with Gasteiger partial charge in [0.1, 0.15) is 0 Å². The lowest BCUT2D eigenvalue weighted by atomic mass is 9.92. The second-order valence-electron chi connectivity index (χ2n) is 4.92. The van der Waals surface area contributed by atoms with Crippen LogP contribution >= 0.6 is 0 Å². The lowest BCUT2D eigenvalue weighted by Crippen LogP contribution is -2.18. The van der Waals surface area contributed by atoms with Gasteiger partial charge in [-0.3, -0.25) is 0 Å². The molecule has 3 nitrogen and oxygen atoms in total. The molecule has 1 aromatic rings. The number of primary sulfonamides is 1. The zero-order chi connectivity index (χ0) is 11.3. The van der Waals surface area contributed by atoms with Crippen LogP contribution in [0.1, 0.15) is 23.5 Å². The lowest BCUT2D eigenvalue weighted by Gasteiger charge is -2.13. The number of aryl methyl sites for hydroxylation is 1. The zero-order valence-electron chi connectivity index (χ0n) is 8.96. The van der Waals surface area contributed by atoms with Gasteiger partial charge in [-0.25, -0.2) is 13.6 Å². The molecule has 0 aliphatic heterocycles. The Labute approximate surface area is 95.7 Å². The van der Waals surface area contributed by atoms with Crippen LogP contribution < -0.4 is 5.14 Å². The number of hydrogen-bond acceptors (Lipinski definition) is 2. The average Bonchev–Trinajstić information content (AvgIpc) is 2.90. The Morgan fingerprint density at radius 3 is 2.81 bits per heavy atom. The van der Waals surface area contributed by atoms with Crippen LogP contribution in [0.3, 0.4) is 0 Å². The van der Waals surface area contributed by atoms with Crippen LogP contribution in [0.4, 0.5) is 0 Å². The minimum absolute atomic E-state index is 0.149. The highest BCUT2D eigenvalue weighted by Crippen LogP contribution is 2.59. The fraction of sp³-hybridized carbons (Fsp3) is 0.500. The third-order valence-corrected chi connectivity index (χ3v) is 4.77. The average molecular weight is 237 g/mol. The standard InChI is InChI=1S/C12H15NO2S/c13-16(14,15)7-11-10-6-5-8-3-1-2-4-9(8)12(10)11/h1-4,10-12H,5-7H2,(H2,13,14,15). The summed E-state index contributed by atoms with van der Waals surface area (Å²) in [6, 6.07) is 8.37. The molecule has 0 radical (unpaired) electrons. The number of nitrogens with two attached hydrogens (primary N) is 1. The largest absolute Gasteiger partial charge is 0.229 e. The first-order valence-corrected chi connectivity index (χ1v) is 7.36. The van der Waals surface area contributed by atoms with Gasteiger partial charge in [0.15, 0.2) is 0 Å². The van der Waals surface area contributed by atoms with Crippen molar-refractivity contribution in [2.45, 2.75) is 18.8 Å². The molecule has 4 heteroatoms. The molecule has 3 unspecified atom stereocenters. The van der Waals surface area contributed by atoms with Crippen LogP contribution in [-0.2, 0) is 16.4 Å². The highest BCUT2D eigenvalue weighted by atomic mass is 32.2. The van der Waals surface area contributed by atoms with E-state index in [0.29, 0.717) is 11.8 Å². The summed E-state index contributed by atoms with van der Waals surface area (Å²) in [6.45, 7) is 0. The first kappa shape index (κ1) is 10.3. The van der Waals surface area contributed by atoms with E-state index in [-0.39, 0.29) is 11.7 Å². The van der Waals surface area contributed by atoms with E-state index in [2.05, 4.69) is 18.2 Å². The molecule has 2 aliphatic rings. The van der Waals surface area contributed by atoms with E-state index in [0.717, 1.165) is 12.8 Å². The molecule has 86 valence electrons. The molecule has 1 aromatic carbocycles. The topological polar surface area (TPSA) is 60.2 Å². The Kier molecular flexibility index (Phi) is 2.13. The van der Waals surface area contributed by atoms with Crippen molar-refractivity contribution >= 4 is 10.0 Å². The second-order valence-corrected chi connectivity index (χ2v) is 6.58. The quantitative estimate of drug-likeness (QED) is 0.841. The summed E-state index contributed by atoms with van der Waals surface area (Å²) in [4.78, 5) is 0. The molecule has 0 amide bonds. The van der Waals surface area contributed by atoms with Gasteiger partial charge in [0.25, 0.3) is 0 Å². The van der Waals surface area contributed by atoms with Crippen molar-refractivity contribution in [1.29, 1.82) is 0 Å². The number of rotatable bonds is 2. The third kappa shape index (κ3) is 1.66. The first-order valence-electron chi connectivity index (χ1n) is 5.64. The van der Waals surface area contributed by atoms with Crippen LogP contribution in [-0.4, -0.2) is 14.2 Å². The Bertz CT molecular complexity index is 524. The van der Waals surface area contributed by atoms with Crippen LogP contribution in [0.2, 0.25) is 0 Å². The number of hydrogen-bond donors (Lipinski definition) is 1. The van der Waals surface area contributed by atoms with E-state index in [4.69, 9.17) is 5.14 Å². The molecule has 0 spiro atoms. The smallest absolute Gasteiger partial charge is 0.209 e.